The lowest BCUT2D eigenvalue weighted by Crippen LogP contribution is -2.60. The average Bonchev–Trinajstić information content (AvgIpc) is 2.79. The van der Waals surface area contributed by atoms with E-state index in [0.717, 1.165) is 36.4 Å². The molecule has 164 valence electrons. The zero-order valence-electron chi connectivity index (χ0n) is 18.5. The predicted octanol–water partition coefficient (Wildman–Crippen LogP) is 3.68. The largest absolute Gasteiger partial charge is 0.499 e. The van der Waals surface area contributed by atoms with Gasteiger partial charge in [-0.25, -0.2) is 0 Å². The Hall–Kier alpha value is -2.50. The maximum atomic E-state index is 11.0. The summed E-state index contributed by atoms with van der Waals surface area (Å²) in [6.07, 6.45) is 4.14. The van der Waals surface area contributed by atoms with Crippen LogP contribution >= 0.6 is 0 Å². The maximum Gasteiger partial charge on any atom is 0.165 e. The first-order chi connectivity index (χ1) is 15.1. The predicted molar refractivity (Wildman–Crippen MR) is 119 cm³/mol. The van der Waals surface area contributed by atoms with E-state index in [4.69, 9.17) is 14.2 Å². The Morgan fingerprint density at radius 3 is 2.65 bits per heavy atom. The van der Waals surface area contributed by atoms with Gasteiger partial charge in [0.05, 0.1) is 14.2 Å². The zero-order valence-corrected chi connectivity index (χ0v) is 18.5. The van der Waals surface area contributed by atoms with Crippen LogP contribution in [0.4, 0.5) is 0 Å². The van der Waals surface area contributed by atoms with Crippen LogP contribution in [0.3, 0.4) is 0 Å². The van der Waals surface area contributed by atoms with Crippen molar-refractivity contribution in [3.63, 3.8) is 0 Å². The number of likely N-dealkylation sites (tertiary alicyclic amines) is 1. The van der Waals surface area contributed by atoms with Gasteiger partial charge in [0.15, 0.2) is 11.5 Å². The first kappa shape index (κ1) is 20.4. The van der Waals surface area contributed by atoms with Crippen LogP contribution in [0.2, 0.25) is 0 Å². The third-order valence-electron chi connectivity index (χ3n) is 7.58. The number of aliphatic hydroxyl groups is 1. The van der Waals surface area contributed by atoms with Gasteiger partial charge in [-0.1, -0.05) is 36.4 Å². The number of aliphatic hydroxyl groups excluding tert-OH is 1. The summed E-state index contributed by atoms with van der Waals surface area (Å²) >= 11 is 0. The van der Waals surface area contributed by atoms with E-state index in [2.05, 4.69) is 36.2 Å². The van der Waals surface area contributed by atoms with Gasteiger partial charge in [0.25, 0.3) is 0 Å². The second kappa shape index (κ2) is 7.88. The lowest BCUT2D eigenvalue weighted by molar-refractivity contribution is -0.00422. The van der Waals surface area contributed by atoms with Gasteiger partial charge in [-0.2, -0.15) is 0 Å². The van der Waals surface area contributed by atoms with Crippen LogP contribution in [0, 0.1) is 5.92 Å². The lowest BCUT2D eigenvalue weighted by Gasteiger charge is -2.57. The molecule has 2 aromatic carbocycles. The summed E-state index contributed by atoms with van der Waals surface area (Å²) in [5.74, 6) is 2.55. The standard InChI is InChI=1S/C26H31NO4/c1-27-12-11-26-15-21(28)23(30-3)14-19(26)20(27)13-18-9-10-22(29-2)25(24(18)26)31-16-17-7-5-4-6-8-17/h4-10,14,19-21,28H,11-13,15-16H2,1-3H3/t19-,20+,21?,26+/m0/s1. The van der Waals surface area contributed by atoms with Crippen molar-refractivity contribution in [1.82, 2.24) is 4.90 Å². The Bertz CT molecular complexity index is 988. The van der Waals surface area contributed by atoms with Crippen molar-refractivity contribution in [3.8, 4) is 11.5 Å². The van der Waals surface area contributed by atoms with E-state index in [0.29, 0.717) is 24.8 Å². The van der Waals surface area contributed by atoms with E-state index in [9.17, 15) is 5.11 Å². The van der Waals surface area contributed by atoms with Crippen LogP contribution in [0.1, 0.15) is 29.5 Å². The highest BCUT2D eigenvalue weighted by Gasteiger charge is 2.56. The molecule has 0 amide bonds. The number of likely N-dealkylation sites (N-methyl/N-ethyl adjacent to an activating group) is 1. The Kier molecular flexibility index (Phi) is 5.19. The van der Waals surface area contributed by atoms with Gasteiger partial charge in [0.2, 0.25) is 0 Å². The molecule has 1 heterocycles. The van der Waals surface area contributed by atoms with E-state index < -0.39 is 6.10 Å². The molecule has 0 saturated carbocycles. The number of nitrogens with zero attached hydrogens (tertiary/aromatic N) is 1. The first-order valence-electron chi connectivity index (χ1n) is 11.1. The lowest BCUT2D eigenvalue weighted by atomic mass is 9.53. The highest BCUT2D eigenvalue weighted by Crippen LogP contribution is 2.58. The Balaban J connectivity index is 1.65. The molecular formula is C26H31NO4. The fourth-order valence-electron chi connectivity index (χ4n) is 6.05. The second-order valence-corrected chi connectivity index (χ2v) is 9.08. The van der Waals surface area contributed by atoms with Gasteiger partial charge in [-0.05, 0) is 56.1 Å². The molecule has 1 saturated heterocycles. The minimum absolute atomic E-state index is 0.188. The van der Waals surface area contributed by atoms with E-state index in [1.165, 1.54) is 11.1 Å². The molecule has 1 N–H and O–H groups in total. The van der Waals surface area contributed by atoms with Gasteiger partial charge in [0, 0.05) is 22.9 Å². The van der Waals surface area contributed by atoms with E-state index in [1.54, 1.807) is 14.2 Å². The molecule has 2 aromatic rings. The highest BCUT2D eigenvalue weighted by molar-refractivity contribution is 5.58. The number of rotatable bonds is 5. The Labute approximate surface area is 184 Å². The number of hydrogen-bond donors (Lipinski definition) is 1. The minimum atomic E-state index is -0.607. The molecule has 0 aromatic heterocycles. The molecule has 0 radical (unpaired) electrons. The number of benzene rings is 2. The monoisotopic (exact) mass is 421 g/mol. The molecular weight excluding hydrogens is 390 g/mol. The average molecular weight is 422 g/mol. The van der Waals surface area contributed by atoms with Crippen molar-refractivity contribution in [2.45, 2.75) is 43.4 Å². The van der Waals surface area contributed by atoms with Crippen LogP contribution in [-0.4, -0.2) is 50.0 Å². The molecule has 0 spiro atoms. The minimum Gasteiger partial charge on any atom is -0.499 e. The van der Waals surface area contributed by atoms with Crippen molar-refractivity contribution >= 4 is 0 Å². The molecule has 5 heteroatoms. The van der Waals surface area contributed by atoms with E-state index in [-0.39, 0.29) is 11.3 Å². The number of fused-ring (bicyclic) bond motifs is 1. The topological polar surface area (TPSA) is 51.2 Å². The van der Waals surface area contributed by atoms with E-state index in [1.807, 2.05) is 24.3 Å². The molecule has 3 aliphatic rings. The molecule has 1 aliphatic heterocycles. The van der Waals surface area contributed by atoms with Crippen LogP contribution in [0.5, 0.6) is 11.5 Å². The molecule has 5 rings (SSSR count). The molecule has 1 fully saturated rings. The van der Waals surface area contributed by atoms with Crippen LogP contribution in [0.15, 0.2) is 54.3 Å². The molecule has 5 nitrogen and oxygen atoms in total. The fraction of sp³-hybridized carbons (Fsp3) is 0.462. The molecule has 4 atom stereocenters. The van der Waals surface area contributed by atoms with Gasteiger partial charge in [-0.3, -0.25) is 0 Å². The van der Waals surface area contributed by atoms with Gasteiger partial charge in [-0.15, -0.1) is 0 Å². The quantitative estimate of drug-likeness (QED) is 0.798. The summed E-state index contributed by atoms with van der Waals surface area (Å²) < 4.78 is 17.8. The summed E-state index contributed by atoms with van der Waals surface area (Å²) in [5, 5.41) is 11.0. The van der Waals surface area contributed by atoms with Crippen molar-refractivity contribution in [1.29, 1.82) is 0 Å². The fourth-order valence-corrected chi connectivity index (χ4v) is 6.05. The molecule has 1 unspecified atom stereocenters. The Morgan fingerprint density at radius 2 is 1.90 bits per heavy atom. The van der Waals surface area contributed by atoms with Gasteiger partial charge < -0.3 is 24.2 Å². The molecule has 31 heavy (non-hydrogen) atoms. The zero-order chi connectivity index (χ0) is 21.6. The SMILES string of the molecule is COC1=C[C@H]2[C@H]3Cc4ccc(OC)c(OCc5ccccc5)c4[C@]2(CCN3C)CC1O. The molecule has 2 aliphatic carbocycles. The number of methoxy groups -OCH3 is 2. The summed E-state index contributed by atoms with van der Waals surface area (Å²) in [7, 11) is 5.56. The van der Waals surface area contributed by atoms with Gasteiger partial charge in [0.1, 0.15) is 18.5 Å². The summed E-state index contributed by atoms with van der Waals surface area (Å²) in [6.45, 7) is 1.48. The normalized spacial score (nSPS) is 29.4. The second-order valence-electron chi connectivity index (χ2n) is 9.08. The van der Waals surface area contributed by atoms with Crippen LogP contribution < -0.4 is 9.47 Å². The van der Waals surface area contributed by atoms with Crippen molar-refractivity contribution in [2.75, 3.05) is 27.8 Å². The maximum absolute atomic E-state index is 11.0. The highest BCUT2D eigenvalue weighted by atomic mass is 16.5. The number of ether oxygens (including phenoxy) is 3. The third kappa shape index (κ3) is 3.22. The first-order valence-corrected chi connectivity index (χ1v) is 11.1. The van der Waals surface area contributed by atoms with Crippen molar-refractivity contribution in [3.05, 3.63) is 71.0 Å². The summed E-state index contributed by atoms with van der Waals surface area (Å²) in [4.78, 5) is 2.46. The van der Waals surface area contributed by atoms with Crippen LogP contribution in [0.25, 0.3) is 0 Å². The third-order valence-corrected chi connectivity index (χ3v) is 7.58. The van der Waals surface area contributed by atoms with Crippen molar-refractivity contribution in [2.24, 2.45) is 5.92 Å². The Morgan fingerprint density at radius 1 is 1.10 bits per heavy atom. The summed E-state index contributed by atoms with van der Waals surface area (Å²) in [5.41, 5.74) is 3.46. The smallest absolute Gasteiger partial charge is 0.165 e. The van der Waals surface area contributed by atoms with Crippen molar-refractivity contribution < 1.29 is 19.3 Å². The number of hydrogen-bond acceptors (Lipinski definition) is 5. The summed E-state index contributed by atoms with van der Waals surface area (Å²) in [6, 6.07) is 14.8. The number of piperidine rings is 1. The van der Waals surface area contributed by atoms with Gasteiger partial charge >= 0.3 is 0 Å². The van der Waals surface area contributed by atoms with Crippen LogP contribution in [-0.2, 0) is 23.2 Å². The van der Waals surface area contributed by atoms with E-state index >= 15 is 0 Å². The molecule has 2 bridgehead atoms.